The third-order valence-electron chi connectivity index (χ3n) is 2.56. The predicted molar refractivity (Wildman–Crippen MR) is 54.9 cm³/mol. The van der Waals surface area contributed by atoms with E-state index < -0.39 is 0 Å². The van der Waals surface area contributed by atoms with E-state index in [9.17, 15) is 0 Å². The highest BCUT2D eigenvalue weighted by atomic mass is 14.6. The van der Waals surface area contributed by atoms with E-state index in [4.69, 9.17) is 11.5 Å². The van der Waals surface area contributed by atoms with E-state index in [1.807, 2.05) is 0 Å². The average molecular weight is 172 g/mol. The fraction of sp³-hybridized carbons (Fsp3) is 1.00. The Balaban J connectivity index is 3.67. The van der Waals surface area contributed by atoms with E-state index >= 15 is 0 Å². The minimum Gasteiger partial charge on any atom is -0.330 e. The van der Waals surface area contributed by atoms with Gasteiger partial charge in [0.1, 0.15) is 0 Å². The van der Waals surface area contributed by atoms with Crippen LogP contribution in [0.2, 0.25) is 0 Å². The molecule has 0 radical (unpaired) electrons. The van der Waals surface area contributed by atoms with Crippen LogP contribution in [0.15, 0.2) is 0 Å². The number of hydrogen-bond acceptors (Lipinski definition) is 2. The predicted octanol–water partition coefficient (Wildman–Crippen LogP) is 1.73. The second-order valence-corrected chi connectivity index (χ2v) is 4.81. The summed E-state index contributed by atoms with van der Waals surface area (Å²) in [6.45, 7) is 9.47. The van der Waals surface area contributed by atoms with Crippen molar-refractivity contribution >= 4 is 0 Å². The Hall–Kier alpha value is -0.0800. The summed E-state index contributed by atoms with van der Waals surface area (Å²) in [5, 5.41) is 0. The van der Waals surface area contributed by atoms with Crippen LogP contribution in [0.3, 0.4) is 0 Å². The van der Waals surface area contributed by atoms with Crippen LogP contribution in [0, 0.1) is 11.3 Å². The van der Waals surface area contributed by atoms with Crippen molar-refractivity contribution in [3.63, 3.8) is 0 Å². The van der Waals surface area contributed by atoms with Crippen molar-refractivity contribution in [3.05, 3.63) is 0 Å². The maximum atomic E-state index is 5.94. The topological polar surface area (TPSA) is 52.0 Å². The van der Waals surface area contributed by atoms with Crippen molar-refractivity contribution in [1.29, 1.82) is 0 Å². The van der Waals surface area contributed by atoms with Crippen molar-refractivity contribution in [2.24, 2.45) is 22.8 Å². The van der Waals surface area contributed by atoms with Crippen molar-refractivity contribution in [2.75, 3.05) is 6.54 Å². The molecule has 0 aliphatic carbocycles. The van der Waals surface area contributed by atoms with Crippen LogP contribution in [-0.4, -0.2) is 12.6 Å². The standard InChI is InChI=1S/C10H24N2/c1-8(2)9(12)5-6-10(3,4)7-11/h8-9H,5-7,11-12H2,1-4H3. The van der Waals surface area contributed by atoms with Crippen LogP contribution in [0.4, 0.5) is 0 Å². The van der Waals surface area contributed by atoms with Gasteiger partial charge < -0.3 is 11.5 Å². The monoisotopic (exact) mass is 172 g/mol. The summed E-state index contributed by atoms with van der Waals surface area (Å²) in [7, 11) is 0. The van der Waals surface area contributed by atoms with Gasteiger partial charge in [-0.05, 0) is 30.7 Å². The molecule has 1 unspecified atom stereocenters. The first-order valence-electron chi connectivity index (χ1n) is 4.84. The van der Waals surface area contributed by atoms with Crippen LogP contribution in [-0.2, 0) is 0 Å². The fourth-order valence-corrected chi connectivity index (χ4v) is 0.993. The van der Waals surface area contributed by atoms with Gasteiger partial charge in [0.2, 0.25) is 0 Å². The van der Waals surface area contributed by atoms with Crippen molar-refractivity contribution in [1.82, 2.24) is 0 Å². The average Bonchev–Trinajstić information content (AvgIpc) is 2.00. The Labute approximate surface area is 76.7 Å². The molecule has 0 spiro atoms. The minimum absolute atomic E-state index is 0.256. The molecule has 12 heavy (non-hydrogen) atoms. The van der Waals surface area contributed by atoms with Crippen LogP contribution in [0.25, 0.3) is 0 Å². The van der Waals surface area contributed by atoms with Crippen molar-refractivity contribution in [2.45, 2.75) is 46.6 Å². The molecule has 74 valence electrons. The van der Waals surface area contributed by atoms with Gasteiger partial charge in [0.25, 0.3) is 0 Å². The van der Waals surface area contributed by atoms with Gasteiger partial charge in [-0.1, -0.05) is 27.7 Å². The zero-order valence-corrected chi connectivity index (χ0v) is 8.93. The summed E-state index contributed by atoms with van der Waals surface area (Å²) in [6.07, 6.45) is 2.21. The molecular weight excluding hydrogens is 148 g/mol. The molecule has 0 saturated carbocycles. The van der Waals surface area contributed by atoms with Gasteiger partial charge in [0, 0.05) is 6.04 Å². The normalized spacial score (nSPS) is 15.2. The van der Waals surface area contributed by atoms with Gasteiger partial charge in [0.05, 0.1) is 0 Å². The summed E-state index contributed by atoms with van der Waals surface area (Å²) in [4.78, 5) is 0. The smallest absolute Gasteiger partial charge is 0.00621 e. The Morgan fingerprint density at radius 3 is 2.08 bits per heavy atom. The summed E-state index contributed by atoms with van der Waals surface area (Å²) >= 11 is 0. The summed E-state index contributed by atoms with van der Waals surface area (Å²) < 4.78 is 0. The van der Waals surface area contributed by atoms with Gasteiger partial charge in [-0.2, -0.15) is 0 Å². The SMILES string of the molecule is CC(C)C(N)CCC(C)(C)CN. The van der Waals surface area contributed by atoms with Crippen LogP contribution >= 0.6 is 0 Å². The molecule has 0 saturated heterocycles. The highest BCUT2D eigenvalue weighted by Crippen LogP contribution is 2.22. The zero-order valence-electron chi connectivity index (χ0n) is 8.93. The zero-order chi connectivity index (χ0) is 9.78. The first kappa shape index (κ1) is 11.9. The molecule has 2 nitrogen and oxygen atoms in total. The molecule has 0 heterocycles. The molecule has 0 aliphatic rings. The third kappa shape index (κ3) is 4.73. The van der Waals surface area contributed by atoms with E-state index in [2.05, 4.69) is 27.7 Å². The van der Waals surface area contributed by atoms with E-state index in [1.165, 1.54) is 0 Å². The molecule has 1 atom stereocenters. The molecule has 0 bridgehead atoms. The lowest BCUT2D eigenvalue weighted by molar-refractivity contribution is 0.305. The van der Waals surface area contributed by atoms with Crippen molar-refractivity contribution in [3.8, 4) is 0 Å². The maximum Gasteiger partial charge on any atom is 0.00621 e. The first-order valence-corrected chi connectivity index (χ1v) is 4.84. The fourth-order valence-electron chi connectivity index (χ4n) is 0.993. The largest absolute Gasteiger partial charge is 0.330 e. The number of rotatable bonds is 5. The minimum atomic E-state index is 0.256. The summed E-state index contributed by atoms with van der Waals surface area (Å²) in [6, 6.07) is 0.329. The van der Waals surface area contributed by atoms with E-state index in [0.717, 1.165) is 19.4 Å². The number of hydrogen-bond donors (Lipinski definition) is 2. The third-order valence-corrected chi connectivity index (χ3v) is 2.56. The van der Waals surface area contributed by atoms with Crippen LogP contribution < -0.4 is 11.5 Å². The summed E-state index contributed by atoms with van der Waals surface area (Å²) in [5.74, 6) is 0.582. The lowest BCUT2D eigenvalue weighted by Crippen LogP contribution is -2.30. The Morgan fingerprint density at radius 2 is 1.75 bits per heavy atom. The molecule has 0 aliphatic heterocycles. The maximum absolute atomic E-state index is 5.94. The Bertz CT molecular complexity index is 119. The van der Waals surface area contributed by atoms with Gasteiger partial charge in [0.15, 0.2) is 0 Å². The van der Waals surface area contributed by atoms with Crippen LogP contribution in [0.1, 0.15) is 40.5 Å². The van der Waals surface area contributed by atoms with E-state index in [1.54, 1.807) is 0 Å². The van der Waals surface area contributed by atoms with Gasteiger partial charge >= 0.3 is 0 Å². The van der Waals surface area contributed by atoms with E-state index in [0.29, 0.717) is 12.0 Å². The van der Waals surface area contributed by atoms with Crippen LogP contribution in [0.5, 0.6) is 0 Å². The van der Waals surface area contributed by atoms with Gasteiger partial charge in [-0.15, -0.1) is 0 Å². The quantitative estimate of drug-likeness (QED) is 0.663. The molecule has 0 aromatic heterocycles. The molecule has 4 N–H and O–H groups in total. The molecular formula is C10H24N2. The summed E-state index contributed by atoms with van der Waals surface area (Å²) in [5.41, 5.74) is 11.8. The Kier molecular flexibility index (Phi) is 4.80. The molecule has 0 rings (SSSR count). The molecule has 0 fully saturated rings. The highest BCUT2D eigenvalue weighted by molar-refractivity contribution is 4.74. The second kappa shape index (κ2) is 4.83. The molecule has 0 aromatic carbocycles. The first-order chi connectivity index (χ1) is 5.39. The highest BCUT2D eigenvalue weighted by Gasteiger charge is 2.17. The molecule has 0 amide bonds. The van der Waals surface area contributed by atoms with Gasteiger partial charge in [-0.3, -0.25) is 0 Å². The van der Waals surface area contributed by atoms with Crippen molar-refractivity contribution < 1.29 is 0 Å². The second-order valence-electron chi connectivity index (χ2n) is 4.81. The molecule has 2 heteroatoms. The number of nitrogens with two attached hydrogens (primary N) is 2. The molecule has 0 aromatic rings. The van der Waals surface area contributed by atoms with Gasteiger partial charge in [-0.25, -0.2) is 0 Å². The Morgan fingerprint density at radius 1 is 1.25 bits per heavy atom. The lowest BCUT2D eigenvalue weighted by Gasteiger charge is -2.25. The van der Waals surface area contributed by atoms with E-state index in [-0.39, 0.29) is 5.41 Å². The lowest BCUT2D eigenvalue weighted by atomic mass is 9.85.